The molecule has 0 saturated heterocycles. The van der Waals surface area contributed by atoms with Crippen molar-refractivity contribution in [3.63, 3.8) is 0 Å². The summed E-state index contributed by atoms with van der Waals surface area (Å²) in [5, 5.41) is 20.0. The van der Waals surface area contributed by atoms with Crippen LogP contribution in [0.1, 0.15) is 90.8 Å². The number of ether oxygens (including phenoxy) is 3. The van der Waals surface area contributed by atoms with Gasteiger partial charge in [-0.05, 0) is 118 Å². The molecule has 3 unspecified atom stereocenters. The molecular formula is C53H67N11O8. The SMILES string of the molecule is Cc1nc(-c2ccc(OC3CC4CCCCC4C3)cc2)nc(C)c1C(=O)NC(CCN)C(=O)N(C)[C@@H]1C(=O)N[C@@H](C)C(=O)N[C@H](C(=O)NCC#N)Cc2ccc(OCCN)c(c2)-c2cc1ccc2OCCN. The molecule has 2 heterocycles. The summed E-state index contributed by atoms with van der Waals surface area (Å²) in [6.45, 7) is 5.20. The quantitative estimate of drug-likeness (QED) is 0.0748. The van der Waals surface area contributed by atoms with Crippen molar-refractivity contribution in [2.75, 3.05) is 46.4 Å². The Hall–Kier alpha value is -7.14. The highest BCUT2D eigenvalue weighted by Gasteiger charge is 2.38. The van der Waals surface area contributed by atoms with E-state index >= 15 is 0 Å². The molecule has 72 heavy (non-hydrogen) atoms. The number of nitrogens with one attached hydrogen (secondary N) is 4. The van der Waals surface area contributed by atoms with Gasteiger partial charge in [0.1, 0.15) is 61.2 Å². The fourth-order valence-corrected chi connectivity index (χ4v) is 10.2. The number of aryl methyl sites for hydroxylation is 2. The predicted molar refractivity (Wildman–Crippen MR) is 269 cm³/mol. The van der Waals surface area contributed by atoms with E-state index in [2.05, 4.69) is 21.3 Å². The van der Waals surface area contributed by atoms with Gasteiger partial charge < -0.3 is 57.6 Å². The van der Waals surface area contributed by atoms with E-state index in [4.69, 9.17) is 41.4 Å². The average molecular weight is 986 g/mol. The summed E-state index contributed by atoms with van der Waals surface area (Å²) in [5.41, 5.74) is 21.4. The Bertz CT molecular complexity index is 2620. The zero-order valence-electron chi connectivity index (χ0n) is 41.5. The monoisotopic (exact) mass is 986 g/mol. The lowest BCUT2D eigenvalue weighted by Gasteiger charge is -2.32. The van der Waals surface area contributed by atoms with E-state index in [0.29, 0.717) is 51.0 Å². The summed E-state index contributed by atoms with van der Waals surface area (Å²) in [4.78, 5) is 81.5. The van der Waals surface area contributed by atoms with Crippen molar-refractivity contribution in [3.8, 4) is 45.8 Å². The molecule has 3 aromatic carbocycles. The van der Waals surface area contributed by atoms with Gasteiger partial charge in [-0.25, -0.2) is 9.97 Å². The van der Waals surface area contributed by atoms with Crippen LogP contribution in [0.4, 0.5) is 0 Å². The van der Waals surface area contributed by atoms with Crippen molar-refractivity contribution in [3.05, 3.63) is 88.7 Å². The Morgan fingerprint density at radius 1 is 0.847 bits per heavy atom. The van der Waals surface area contributed by atoms with E-state index in [1.54, 1.807) is 50.2 Å². The number of rotatable bonds is 17. The van der Waals surface area contributed by atoms with Crippen molar-refractivity contribution in [1.82, 2.24) is 36.1 Å². The molecule has 1 aliphatic heterocycles. The Morgan fingerprint density at radius 2 is 1.47 bits per heavy atom. The molecule has 0 spiro atoms. The molecule has 1 aromatic heterocycles. The molecule has 4 aromatic rings. The van der Waals surface area contributed by atoms with Crippen LogP contribution in [0.25, 0.3) is 22.5 Å². The second-order valence-electron chi connectivity index (χ2n) is 18.8. The highest BCUT2D eigenvalue weighted by molar-refractivity contribution is 6.00. The zero-order chi connectivity index (χ0) is 51.5. The molecule has 19 nitrogen and oxygen atoms in total. The number of nitriles is 1. The Labute approximate surface area is 420 Å². The number of nitrogens with two attached hydrogens (primary N) is 3. The number of carbonyl (C=O) groups excluding carboxylic acids is 5. The highest BCUT2D eigenvalue weighted by Crippen LogP contribution is 2.44. The average Bonchev–Trinajstić information content (AvgIpc) is 3.78. The van der Waals surface area contributed by atoms with Crippen LogP contribution in [-0.2, 0) is 25.6 Å². The maximum atomic E-state index is 14.8. The lowest BCUT2D eigenvalue weighted by Crippen LogP contribution is -2.56. The maximum absolute atomic E-state index is 14.8. The van der Waals surface area contributed by atoms with Crippen LogP contribution in [-0.4, -0.2) is 115 Å². The first-order chi connectivity index (χ1) is 34.7. The summed E-state index contributed by atoms with van der Waals surface area (Å²) >= 11 is 0. The van der Waals surface area contributed by atoms with Crippen molar-refractivity contribution < 1.29 is 38.2 Å². The molecule has 2 aliphatic carbocycles. The van der Waals surface area contributed by atoms with Gasteiger partial charge in [-0.3, -0.25) is 24.0 Å². The van der Waals surface area contributed by atoms with Crippen molar-refractivity contribution in [2.24, 2.45) is 29.0 Å². The summed E-state index contributed by atoms with van der Waals surface area (Å²) in [5.74, 6) is 0.169. The molecule has 19 heteroatoms. The van der Waals surface area contributed by atoms with Crippen molar-refractivity contribution in [2.45, 2.75) is 102 Å². The molecule has 0 radical (unpaired) electrons. The number of hydrogen-bond acceptors (Lipinski definition) is 14. The van der Waals surface area contributed by atoms with E-state index in [1.165, 1.54) is 44.6 Å². The third-order valence-corrected chi connectivity index (χ3v) is 13.7. The first kappa shape index (κ1) is 52.7. The van der Waals surface area contributed by atoms with Gasteiger partial charge in [-0.1, -0.05) is 37.8 Å². The largest absolute Gasteiger partial charge is 0.492 e. The first-order valence-corrected chi connectivity index (χ1v) is 24.8. The van der Waals surface area contributed by atoms with Gasteiger partial charge in [0, 0.05) is 43.2 Å². The van der Waals surface area contributed by atoms with E-state index in [-0.39, 0.29) is 63.9 Å². The first-order valence-electron chi connectivity index (χ1n) is 24.8. The van der Waals surface area contributed by atoms with Crippen LogP contribution < -0.4 is 52.7 Å². The molecule has 5 amide bonds. The fraction of sp³-hybridized carbons (Fsp3) is 0.472. The van der Waals surface area contributed by atoms with E-state index in [0.717, 1.165) is 36.0 Å². The van der Waals surface area contributed by atoms with Crippen molar-refractivity contribution in [1.29, 1.82) is 5.26 Å². The Kier molecular flexibility index (Phi) is 17.8. The Balaban J connectivity index is 1.18. The van der Waals surface area contributed by atoms with Gasteiger partial charge in [-0.2, -0.15) is 5.26 Å². The topological polar surface area (TPSA) is 292 Å². The van der Waals surface area contributed by atoms with Crippen LogP contribution in [0.3, 0.4) is 0 Å². The van der Waals surface area contributed by atoms with Crippen LogP contribution >= 0.6 is 0 Å². The summed E-state index contributed by atoms with van der Waals surface area (Å²) in [6, 6.07) is 14.7. The third kappa shape index (κ3) is 12.5. The van der Waals surface area contributed by atoms with Crippen LogP contribution in [0.5, 0.6) is 17.2 Å². The van der Waals surface area contributed by atoms with Crippen molar-refractivity contribution >= 4 is 29.5 Å². The Morgan fingerprint density at radius 3 is 2.08 bits per heavy atom. The number of carbonyl (C=O) groups is 5. The van der Waals surface area contributed by atoms with Gasteiger partial charge in [-0.15, -0.1) is 0 Å². The molecule has 6 atom stereocenters. The van der Waals surface area contributed by atoms with Crippen LogP contribution in [0, 0.1) is 37.0 Å². The lowest BCUT2D eigenvalue weighted by molar-refractivity contribution is -0.141. The smallest absolute Gasteiger partial charge is 0.255 e. The number of fused-ring (bicyclic) bond motifs is 6. The minimum atomic E-state index is -1.41. The summed E-state index contributed by atoms with van der Waals surface area (Å²) < 4.78 is 18.6. The molecule has 3 aliphatic rings. The van der Waals surface area contributed by atoms with Gasteiger partial charge in [0.2, 0.25) is 23.6 Å². The highest BCUT2D eigenvalue weighted by atomic mass is 16.5. The minimum absolute atomic E-state index is 0.000427. The van der Waals surface area contributed by atoms with E-state index in [1.807, 2.05) is 30.3 Å². The molecule has 7 rings (SSSR count). The fourth-order valence-electron chi connectivity index (χ4n) is 10.2. The summed E-state index contributed by atoms with van der Waals surface area (Å²) in [6.07, 6.45) is 7.61. The van der Waals surface area contributed by atoms with Gasteiger partial charge in [0.05, 0.1) is 29.1 Å². The lowest BCUT2D eigenvalue weighted by atomic mass is 9.82. The number of amides is 5. The van der Waals surface area contributed by atoms with Gasteiger partial charge in [0.15, 0.2) is 5.82 Å². The van der Waals surface area contributed by atoms with Gasteiger partial charge in [0.25, 0.3) is 5.91 Å². The zero-order valence-corrected chi connectivity index (χ0v) is 41.5. The summed E-state index contributed by atoms with van der Waals surface area (Å²) in [7, 11) is 1.42. The molecular weight excluding hydrogens is 919 g/mol. The number of nitrogens with zero attached hydrogens (tertiary/aromatic N) is 4. The van der Waals surface area contributed by atoms with Crippen LogP contribution in [0.2, 0.25) is 0 Å². The second kappa shape index (κ2) is 24.3. The molecule has 2 fully saturated rings. The van der Waals surface area contributed by atoms with Crippen LogP contribution in [0.15, 0.2) is 60.7 Å². The number of hydrogen-bond donors (Lipinski definition) is 7. The number of benzene rings is 3. The predicted octanol–water partition coefficient (Wildman–Crippen LogP) is 3.28. The van der Waals surface area contributed by atoms with E-state index in [9.17, 15) is 29.2 Å². The third-order valence-electron chi connectivity index (χ3n) is 13.7. The molecule has 382 valence electrons. The molecule has 10 N–H and O–H groups in total. The minimum Gasteiger partial charge on any atom is -0.492 e. The van der Waals surface area contributed by atoms with E-state index < -0.39 is 53.7 Å². The molecule has 2 saturated carbocycles. The standard InChI is InChI=1S/C53H67N11O8/c1-30-46(31(2)60-48(59-30)34-10-13-38(14-11-34)72-39-27-35-7-5-6-8-36(35)28-39)51(67)62-42(17-18-54)53(69)64(4)47-37-12-16-45(71-24-21-57)41(29-37)40-25-33(9-15-44(40)70-23-20-56)26-43(50(66)58-22-19-55)63-49(65)32(3)61-52(47)68/h9-16,25,29,32,35-36,39,42-43,47H,5-8,17-18,20-24,26-28,54,56-57H2,1-4H3,(H,58,66)(H,61,68)(H,62,67)(H,63,65)/t32-,35?,36?,39?,42?,43-,47-/m0/s1. The molecule has 4 bridgehead atoms. The number of aromatic nitrogens is 2. The normalized spacial score (nSPS) is 21.1. The second-order valence-corrected chi connectivity index (χ2v) is 18.8. The number of likely N-dealkylation sites (N-methyl/N-ethyl adjacent to an activating group) is 1. The maximum Gasteiger partial charge on any atom is 0.255 e. The van der Waals surface area contributed by atoms with Gasteiger partial charge >= 0.3 is 0 Å².